The first kappa shape index (κ1) is 20.5. The van der Waals surface area contributed by atoms with Crippen LogP contribution in [0.15, 0.2) is 65.4 Å². The topological polar surface area (TPSA) is 104 Å². The van der Waals surface area contributed by atoms with E-state index in [4.69, 9.17) is 4.42 Å². The second-order valence-corrected chi connectivity index (χ2v) is 7.04. The van der Waals surface area contributed by atoms with Gasteiger partial charge in [0, 0.05) is 30.3 Å². The molecule has 1 heterocycles. The zero-order chi connectivity index (χ0) is 20.6. The van der Waals surface area contributed by atoms with Gasteiger partial charge in [-0.05, 0) is 37.9 Å². The van der Waals surface area contributed by atoms with Gasteiger partial charge in [-0.3, -0.25) is 0 Å². The van der Waals surface area contributed by atoms with Gasteiger partial charge in [0.05, 0.1) is 6.10 Å². The molecule has 3 N–H and O–H groups in total. The zero-order valence-corrected chi connectivity index (χ0v) is 16.4. The zero-order valence-electron chi connectivity index (χ0n) is 16.4. The lowest BCUT2D eigenvalue weighted by Gasteiger charge is -2.26. The largest absolute Gasteiger partial charge is 0.423 e. The van der Waals surface area contributed by atoms with E-state index in [0.29, 0.717) is 30.2 Å². The molecule has 0 fully saturated rings. The Labute approximate surface area is 169 Å². The number of benzene rings is 2. The standard InChI is InChI=1S/C21H25N5O3/c1-26(2)13-17(19(27)15-7-4-3-5-8-15)12-22-21(28)24-18-10-6-9-16(11-18)20-25-23-14-29-20/h3-11,14,17,19,27H,12-13H2,1-2H3,(H2,22,24,28)/t17-,19-/m1/s1. The van der Waals surface area contributed by atoms with Gasteiger partial charge in [0.15, 0.2) is 0 Å². The van der Waals surface area contributed by atoms with Gasteiger partial charge in [0.2, 0.25) is 12.3 Å². The van der Waals surface area contributed by atoms with Crippen molar-refractivity contribution < 1.29 is 14.3 Å². The summed E-state index contributed by atoms with van der Waals surface area (Å²) >= 11 is 0. The maximum atomic E-state index is 12.4. The molecule has 8 nitrogen and oxygen atoms in total. The molecule has 8 heteroatoms. The molecule has 0 aliphatic rings. The van der Waals surface area contributed by atoms with E-state index >= 15 is 0 Å². The number of hydrogen-bond acceptors (Lipinski definition) is 6. The van der Waals surface area contributed by atoms with Gasteiger partial charge in [-0.1, -0.05) is 36.4 Å². The van der Waals surface area contributed by atoms with E-state index in [0.717, 1.165) is 5.56 Å². The van der Waals surface area contributed by atoms with Crippen molar-refractivity contribution in [3.63, 3.8) is 0 Å². The van der Waals surface area contributed by atoms with Crippen LogP contribution >= 0.6 is 0 Å². The highest BCUT2D eigenvalue weighted by atomic mass is 16.4. The molecule has 0 radical (unpaired) electrons. The molecule has 3 aromatic rings. The summed E-state index contributed by atoms with van der Waals surface area (Å²) in [7, 11) is 3.88. The van der Waals surface area contributed by atoms with Gasteiger partial charge in [0.1, 0.15) is 0 Å². The van der Waals surface area contributed by atoms with Crippen LogP contribution in [0.25, 0.3) is 11.5 Å². The molecule has 0 spiro atoms. The van der Waals surface area contributed by atoms with E-state index in [-0.39, 0.29) is 11.9 Å². The molecule has 2 aromatic carbocycles. The SMILES string of the molecule is CN(C)C[C@@H](CNC(=O)Nc1cccc(-c2nnco2)c1)[C@H](O)c1ccccc1. The van der Waals surface area contributed by atoms with E-state index in [9.17, 15) is 9.90 Å². The number of carbonyl (C=O) groups is 1. The smallest absolute Gasteiger partial charge is 0.319 e. The van der Waals surface area contributed by atoms with E-state index in [1.54, 1.807) is 18.2 Å². The van der Waals surface area contributed by atoms with Crippen LogP contribution in [0.1, 0.15) is 11.7 Å². The summed E-state index contributed by atoms with van der Waals surface area (Å²) in [6, 6.07) is 16.3. The monoisotopic (exact) mass is 395 g/mol. The Hall–Kier alpha value is -3.23. The lowest BCUT2D eigenvalue weighted by Crippen LogP contribution is -2.39. The number of aliphatic hydroxyl groups excluding tert-OH is 1. The molecule has 3 rings (SSSR count). The van der Waals surface area contributed by atoms with Crippen LogP contribution in [-0.4, -0.2) is 53.4 Å². The molecule has 2 amide bonds. The molecule has 0 bridgehead atoms. The highest BCUT2D eigenvalue weighted by Gasteiger charge is 2.22. The highest BCUT2D eigenvalue weighted by molar-refractivity contribution is 5.89. The second kappa shape index (κ2) is 9.81. The molecule has 0 saturated heterocycles. The van der Waals surface area contributed by atoms with Gasteiger partial charge in [-0.2, -0.15) is 0 Å². The number of rotatable bonds is 8. The fourth-order valence-corrected chi connectivity index (χ4v) is 3.10. The van der Waals surface area contributed by atoms with Crippen molar-refractivity contribution in [2.24, 2.45) is 5.92 Å². The molecule has 29 heavy (non-hydrogen) atoms. The third-order valence-corrected chi connectivity index (χ3v) is 4.44. The first-order valence-corrected chi connectivity index (χ1v) is 9.32. The van der Waals surface area contributed by atoms with Crippen molar-refractivity contribution in [3.8, 4) is 11.5 Å². The highest BCUT2D eigenvalue weighted by Crippen LogP contribution is 2.23. The summed E-state index contributed by atoms with van der Waals surface area (Å²) in [4.78, 5) is 14.4. The van der Waals surface area contributed by atoms with Crippen LogP contribution < -0.4 is 10.6 Å². The van der Waals surface area contributed by atoms with Crippen LogP contribution in [0.4, 0.5) is 10.5 Å². The summed E-state index contributed by atoms with van der Waals surface area (Å²) < 4.78 is 5.18. The number of amides is 2. The molecule has 1 aromatic heterocycles. The maximum absolute atomic E-state index is 12.4. The number of carbonyl (C=O) groups excluding carboxylic acids is 1. The lowest BCUT2D eigenvalue weighted by atomic mass is 9.95. The van der Waals surface area contributed by atoms with E-state index in [2.05, 4.69) is 20.8 Å². The lowest BCUT2D eigenvalue weighted by molar-refractivity contribution is 0.0911. The average Bonchev–Trinajstić information content (AvgIpc) is 3.26. The third kappa shape index (κ3) is 5.87. The van der Waals surface area contributed by atoms with Crippen LogP contribution in [0, 0.1) is 5.92 Å². The Kier molecular flexibility index (Phi) is 6.94. The molecular formula is C21H25N5O3. The van der Waals surface area contributed by atoms with Crippen LogP contribution in [0.3, 0.4) is 0 Å². The molecule has 152 valence electrons. The number of hydrogen-bond donors (Lipinski definition) is 3. The number of urea groups is 1. The first-order chi connectivity index (χ1) is 14.0. The Balaban J connectivity index is 1.61. The third-order valence-electron chi connectivity index (χ3n) is 4.44. The summed E-state index contributed by atoms with van der Waals surface area (Å²) in [6.45, 7) is 0.951. The quantitative estimate of drug-likeness (QED) is 0.542. The van der Waals surface area contributed by atoms with Gasteiger partial charge >= 0.3 is 6.03 Å². The van der Waals surface area contributed by atoms with Gasteiger partial charge < -0.3 is 25.1 Å². The molecule has 0 unspecified atom stereocenters. The van der Waals surface area contributed by atoms with E-state index in [1.807, 2.05) is 55.4 Å². The Bertz CT molecular complexity index is 900. The minimum absolute atomic E-state index is 0.164. The van der Waals surface area contributed by atoms with Crippen molar-refractivity contribution >= 4 is 11.7 Å². The molecule has 0 aliphatic heterocycles. The van der Waals surface area contributed by atoms with Crippen molar-refractivity contribution in [2.45, 2.75) is 6.10 Å². The van der Waals surface area contributed by atoms with Crippen LogP contribution in [0.5, 0.6) is 0 Å². The van der Waals surface area contributed by atoms with Gasteiger partial charge in [0.25, 0.3) is 0 Å². The van der Waals surface area contributed by atoms with Gasteiger partial charge in [-0.15, -0.1) is 10.2 Å². The Morgan fingerprint density at radius 2 is 1.97 bits per heavy atom. The number of aromatic nitrogens is 2. The summed E-state index contributed by atoms with van der Waals surface area (Å²) in [5.41, 5.74) is 2.14. The van der Waals surface area contributed by atoms with Crippen molar-refractivity contribution in [1.82, 2.24) is 20.4 Å². The van der Waals surface area contributed by atoms with Gasteiger partial charge in [-0.25, -0.2) is 4.79 Å². The molecular weight excluding hydrogens is 370 g/mol. The fraction of sp³-hybridized carbons (Fsp3) is 0.286. The normalized spacial score (nSPS) is 13.1. The minimum atomic E-state index is -0.681. The number of anilines is 1. The van der Waals surface area contributed by atoms with E-state index in [1.165, 1.54) is 6.39 Å². The summed E-state index contributed by atoms with van der Waals surface area (Å²) in [5, 5.41) is 23.9. The van der Waals surface area contributed by atoms with Crippen molar-refractivity contribution in [1.29, 1.82) is 0 Å². The minimum Gasteiger partial charge on any atom is -0.423 e. The molecule has 0 aliphatic carbocycles. The van der Waals surface area contributed by atoms with Crippen molar-refractivity contribution in [2.75, 3.05) is 32.5 Å². The molecule has 0 saturated carbocycles. The predicted molar refractivity (Wildman–Crippen MR) is 110 cm³/mol. The van der Waals surface area contributed by atoms with Crippen molar-refractivity contribution in [3.05, 3.63) is 66.6 Å². The number of nitrogens with zero attached hydrogens (tertiary/aromatic N) is 3. The van der Waals surface area contributed by atoms with E-state index < -0.39 is 6.10 Å². The Morgan fingerprint density at radius 3 is 2.66 bits per heavy atom. The maximum Gasteiger partial charge on any atom is 0.319 e. The fourth-order valence-electron chi connectivity index (χ4n) is 3.10. The first-order valence-electron chi connectivity index (χ1n) is 9.32. The average molecular weight is 395 g/mol. The predicted octanol–water partition coefficient (Wildman–Crippen LogP) is 2.77. The number of nitrogens with one attached hydrogen (secondary N) is 2. The van der Waals surface area contributed by atoms with Crippen LogP contribution in [-0.2, 0) is 0 Å². The number of aliphatic hydroxyl groups is 1. The summed E-state index contributed by atoms with van der Waals surface area (Å²) in [5.74, 6) is 0.217. The Morgan fingerprint density at radius 1 is 1.17 bits per heavy atom. The summed E-state index contributed by atoms with van der Waals surface area (Å²) in [6.07, 6.45) is 0.574. The molecule has 2 atom stereocenters. The van der Waals surface area contributed by atoms with Crippen LogP contribution in [0.2, 0.25) is 0 Å². The second-order valence-electron chi connectivity index (χ2n) is 7.04.